The number of nitrogens with one attached hydrogen (secondary N) is 3. The molecule has 0 saturated heterocycles. The lowest BCUT2D eigenvalue weighted by molar-refractivity contribution is 0.579. The van der Waals surface area contributed by atoms with E-state index in [0.717, 1.165) is 24.8 Å². The quantitative estimate of drug-likeness (QED) is 0.328. The topological polar surface area (TPSA) is 82.6 Å². The number of nitrogens with zero attached hydrogens (tertiary/aromatic N) is 1. The van der Waals surface area contributed by atoms with E-state index in [9.17, 15) is 8.42 Å². The van der Waals surface area contributed by atoms with Gasteiger partial charge in [0.15, 0.2) is 5.96 Å². The molecule has 1 saturated carbocycles. The second-order valence-corrected chi connectivity index (χ2v) is 6.57. The monoisotopic (exact) mass is 276 g/mol. The van der Waals surface area contributed by atoms with Gasteiger partial charge < -0.3 is 10.6 Å². The van der Waals surface area contributed by atoms with E-state index < -0.39 is 10.0 Å². The smallest absolute Gasteiger partial charge is 0.211 e. The van der Waals surface area contributed by atoms with Crippen LogP contribution in [0.2, 0.25) is 0 Å². The van der Waals surface area contributed by atoms with Crippen LogP contribution in [0.25, 0.3) is 0 Å². The predicted octanol–water partition coefficient (Wildman–Crippen LogP) is -0.109. The Balaban J connectivity index is 2.04. The number of aliphatic imine (C=N–C) groups is 1. The molecule has 6 nitrogen and oxygen atoms in total. The maximum Gasteiger partial charge on any atom is 0.211 e. The molecule has 0 amide bonds. The Bertz CT molecular complexity index is 363. The predicted molar refractivity (Wildman–Crippen MR) is 74.2 cm³/mol. The first-order chi connectivity index (χ1) is 8.57. The van der Waals surface area contributed by atoms with Crippen LogP contribution in [0.3, 0.4) is 0 Å². The van der Waals surface area contributed by atoms with Crippen molar-refractivity contribution in [1.82, 2.24) is 15.4 Å². The molecule has 1 fully saturated rings. The summed E-state index contributed by atoms with van der Waals surface area (Å²) in [6.07, 6.45) is 3.36. The van der Waals surface area contributed by atoms with Crippen molar-refractivity contribution in [2.75, 3.05) is 32.4 Å². The summed E-state index contributed by atoms with van der Waals surface area (Å²) in [5, 5.41) is 6.41. The molecule has 0 aromatic heterocycles. The van der Waals surface area contributed by atoms with Crippen molar-refractivity contribution >= 4 is 16.0 Å². The van der Waals surface area contributed by atoms with Crippen molar-refractivity contribution < 1.29 is 8.42 Å². The van der Waals surface area contributed by atoms with E-state index in [1.165, 1.54) is 12.8 Å². The second kappa shape index (κ2) is 7.58. The van der Waals surface area contributed by atoms with E-state index in [4.69, 9.17) is 0 Å². The molecule has 0 radical (unpaired) electrons. The molecule has 0 aromatic carbocycles. The summed E-state index contributed by atoms with van der Waals surface area (Å²) < 4.78 is 24.9. The van der Waals surface area contributed by atoms with Crippen molar-refractivity contribution in [3.8, 4) is 0 Å². The fourth-order valence-electron chi connectivity index (χ4n) is 1.41. The Morgan fingerprint density at radius 1 is 1.28 bits per heavy atom. The number of hydrogen-bond donors (Lipinski definition) is 3. The van der Waals surface area contributed by atoms with Crippen molar-refractivity contribution in [2.45, 2.75) is 26.2 Å². The van der Waals surface area contributed by atoms with E-state index in [1.54, 1.807) is 14.0 Å². The van der Waals surface area contributed by atoms with Gasteiger partial charge in [-0.3, -0.25) is 4.99 Å². The third-order valence-corrected chi connectivity index (χ3v) is 4.23. The molecule has 0 bridgehead atoms. The molecule has 0 unspecified atom stereocenters. The van der Waals surface area contributed by atoms with Gasteiger partial charge in [-0.1, -0.05) is 0 Å². The lowest BCUT2D eigenvalue weighted by atomic mass is 10.4. The average Bonchev–Trinajstić information content (AvgIpc) is 3.16. The van der Waals surface area contributed by atoms with Gasteiger partial charge in [0.1, 0.15) is 0 Å². The molecule has 1 aliphatic carbocycles. The van der Waals surface area contributed by atoms with Crippen LogP contribution in [-0.4, -0.2) is 46.8 Å². The Hall–Kier alpha value is -0.820. The van der Waals surface area contributed by atoms with Crippen LogP contribution < -0.4 is 15.4 Å². The molecule has 0 atom stereocenters. The fraction of sp³-hybridized carbons (Fsp3) is 0.909. The Kier molecular flexibility index (Phi) is 6.42. The van der Waals surface area contributed by atoms with Gasteiger partial charge in [-0.25, -0.2) is 13.1 Å². The molecule has 0 spiro atoms. The maximum absolute atomic E-state index is 11.2. The minimum Gasteiger partial charge on any atom is -0.356 e. The zero-order valence-electron chi connectivity index (χ0n) is 11.2. The summed E-state index contributed by atoms with van der Waals surface area (Å²) in [6.45, 7) is 3.77. The SMILES string of the molecule is CCS(=O)(=O)NCCCNC(=NC)NCC1CC1. The van der Waals surface area contributed by atoms with Gasteiger partial charge in [-0.15, -0.1) is 0 Å². The highest BCUT2D eigenvalue weighted by Gasteiger charge is 2.20. The zero-order chi connectivity index (χ0) is 13.4. The maximum atomic E-state index is 11.2. The lowest BCUT2D eigenvalue weighted by Gasteiger charge is -2.11. The average molecular weight is 276 g/mol. The third-order valence-electron chi connectivity index (χ3n) is 2.83. The van der Waals surface area contributed by atoms with Gasteiger partial charge in [-0.2, -0.15) is 0 Å². The highest BCUT2D eigenvalue weighted by molar-refractivity contribution is 7.89. The van der Waals surface area contributed by atoms with Crippen molar-refractivity contribution in [3.05, 3.63) is 0 Å². The molecule has 106 valence electrons. The molecule has 1 rings (SSSR count). The van der Waals surface area contributed by atoms with Crippen LogP contribution in [-0.2, 0) is 10.0 Å². The second-order valence-electron chi connectivity index (χ2n) is 4.47. The summed E-state index contributed by atoms with van der Waals surface area (Å²) in [5.41, 5.74) is 0. The molecule has 7 heteroatoms. The summed E-state index contributed by atoms with van der Waals surface area (Å²) in [7, 11) is -1.32. The number of sulfonamides is 1. The van der Waals surface area contributed by atoms with E-state index >= 15 is 0 Å². The summed E-state index contributed by atoms with van der Waals surface area (Å²) in [6, 6.07) is 0. The first-order valence-corrected chi connectivity index (χ1v) is 8.14. The van der Waals surface area contributed by atoms with Gasteiger partial charge in [0, 0.05) is 26.7 Å². The van der Waals surface area contributed by atoms with Crippen molar-refractivity contribution in [2.24, 2.45) is 10.9 Å². The van der Waals surface area contributed by atoms with Gasteiger partial charge in [0.25, 0.3) is 0 Å². The van der Waals surface area contributed by atoms with E-state index in [2.05, 4.69) is 20.3 Å². The van der Waals surface area contributed by atoms with E-state index in [1.807, 2.05) is 0 Å². The summed E-state index contributed by atoms with van der Waals surface area (Å²) in [5.74, 6) is 1.73. The van der Waals surface area contributed by atoms with Crippen LogP contribution >= 0.6 is 0 Å². The standard InChI is InChI=1S/C11H24N4O2S/c1-3-18(16,17)15-8-4-7-13-11(12-2)14-9-10-5-6-10/h10,15H,3-9H2,1-2H3,(H2,12,13,14). The molecular formula is C11H24N4O2S. The largest absolute Gasteiger partial charge is 0.356 e. The first-order valence-electron chi connectivity index (χ1n) is 6.49. The van der Waals surface area contributed by atoms with Crippen LogP contribution in [0, 0.1) is 5.92 Å². The number of hydrogen-bond acceptors (Lipinski definition) is 3. The highest BCUT2D eigenvalue weighted by atomic mass is 32.2. The molecule has 0 aromatic rings. The van der Waals surface area contributed by atoms with E-state index in [-0.39, 0.29) is 5.75 Å². The third kappa shape index (κ3) is 6.80. The Labute approximate surface area is 110 Å². The van der Waals surface area contributed by atoms with Crippen LogP contribution in [0.4, 0.5) is 0 Å². The van der Waals surface area contributed by atoms with Gasteiger partial charge >= 0.3 is 0 Å². The van der Waals surface area contributed by atoms with Crippen molar-refractivity contribution in [3.63, 3.8) is 0 Å². The first kappa shape index (κ1) is 15.2. The normalized spacial score (nSPS) is 16.7. The number of rotatable bonds is 8. The van der Waals surface area contributed by atoms with Crippen LogP contribution in [0.15, 0.2) is 4.99 Å². The molecule has 1 aliphatic rings. The summed E-state index contributed by atoms with van der Waals surface area (Å²) in [4.78, 5) is 4.11. The number of guanidine groups is 1. The Morgan fingerprint density at radius 2 is 2.00 bits per heavy atom. The van der Waals surface area contributed by atoms with Crippen LogP contribution in [0.5, 0.6) is 0 Å². The lowest BCUT2D eigenvalue weighted by Crippen LogP contribution is -2.39. The fourth-order valence-corrected chi connectivity index (χ4v) is 2.07. The summed E-state index contributed by atoms with van der Waals surface area (Å²) >= 11 is 0. The molecule has 18 heavy (non-hydrogen) atoms. The zero-order valence-corrected chi connectivity index (χ0v) is 12.0. The molecule has 3 N–H and O–H groups in total. The van der Waals surface area contributed by atoms with E-state index in [0.29, 0.717) is 13.1 Å². The molecule has 0 heterocycles. The minimum absolute atomic E-state index is 0.130. The molecule has 0 aliphatic heterocycles. The minimum atomic E-state index is -3.06. The van der Waals surface area contributed by atoms with Crippen LogP contribution in [0.1, 0.15) is 26.2 Å². The highest BCUT2D eigenvalue weighted by Crippen LogP contribution is 2.27. The van der Waals surface area contributed by atoms with Gasteiger partial charge in [0.2, 0.25) is 10.0 Å². The Morgan fingerprint density at radius 3 is 2.56 bits per heavy atom. The van der Waals surface area contributed by atoms with Gasteiger partial charge in [-0.05, 0) is 32.1 Å². The van der Waals surface area contributed by atoms with Gasteiger partial charge in [0.05, 0.1) is 5.75 Å². The van der Waals surface area contributed by atoms with Crippen molar-refractivity contribution in [1.29, 1.82) is 0 Å². The molecular weight excluding hydrogens is 252 g/mol.